The summed E-state index contributed by atoms with van der Waals surface area (Å²) in [5.41, 5.74) is 1.43. The Morgan fingerprint density at radius 2 is 2.00 bits per heavy atom. The van der Waals surface area contributed by atoms with Crippen LogP contribution in [0.5, 0.6) is 0 Å². The van der Waals surface area contributed by atoms with Crippen LogP contribution in [0.1, 0.15) is 36.0 Å². The molecule has 134 valence electrons. The summed E-state index contributed by atoms with van der Waals surface area (Å²) in [5.74, 6) is 0.292. The molecule has 2 atom stereocenters. The van der Waals surface area contributed by atoms with E-state index in [1.165, 1.54) is 24.6 Å². The number of sulfone groups is 1. The molecule has 3 aliphatic rings. The number of hydrogen-bond acceptors (Lipinski definition) is 6. The molecule has 4 rings (SSSR count). The summed E-state index contributed by atoms with van der Waals surface area (Å²) in [7, 11) is -2.94. The average molecular weight is 380 g/mol. The van der Waals surface area contributed by atoms with E-state index >= 15 is 0 Å². The molecule has 8 heteroatoms. The Morgan fingerprint density at radius 1 is 1.20 bits per heavy atom. The molecule has 2 aliphatic heterocycles. The molecule has 0 bridgehead atoms. The fourth-order valence-corrected chi connectivity index (χ4v) is 7.29. The van der Waals surface area contributed by atoms with Crippen LogP contribution in [0.3, 0.4) is 0 Å². The van der Waals surface area contributed by atoms with Crippen molar-refractivity contribution in [3.05, 3.63) is 29.8 Å². The molecular formula is C17H21N3O3S2. The van der Waals surface area contributed by atoms with Gasteiger partial charge in [-0.25, -0.2) is 8.42 Å². The second-order valence-corrected chi connectivity index (χ2v) is 10.3. The van der Waals surface area contributed by atoms with Gasteiger partial charge in [0.2, 0.25) is 0 Å². The van der Waals surface area contributed by atoms with Crippen molar-refractivity contribution in [1.29, 1.82) is 0 Å². The summed E-state index contributed by atoms with van der Waals surface area (Å²) in [4.78, 5) is 16.9. The monoisotopic (exact) mass is 379 g/mol. The number of hydrogen-bond donors (Lipinski definition) is 2. The van der Waals surface area contributed by atoms with E-state index in [2.05, 4.69) is 15.6 Å². The second-order valence-electron chi connectivity index (χ2n) is 6.90. The molecule has 2 N–H and O–H groups in total. The van der Waals surface area contributed by atoms with Crippen molar-refractivity contribution in [1.82, 2.24) is 5.32 Å². The van der Waals surface area contributed by atoms with Gasteiger partial charge < -0.3 is 10.6 Å². The highest BCUT2D eigenvalue weighted by Crippen LogP contribution is 2.34. The van der Waals surface area contributed by atoms with Gasteiger partial charge in [0.1, 0.15) is 0 Å². The molecule has 1 saturated carbocycles. The molecule has 1 saturated heterocycles. The van der Waals surface area contributed by atoms with Crippen molar-refractivity contribution >= 4 is 38.4 Å². The van der Waals surface area contributed by atoms with E-state index in [-0.39, 0.29) is 28.7 Å². The number of amides is 1. The molecular weight excluding hydrogens is 358 g/mol. The number of anilines is 1. The van der Waals surface area contributed by atoms with Gasteiger partial charge in [0.25, 0.3) is 5.91 Å². The van der Waals surface area contributed by atoms with Crippen LogP contribution in [0.15, 0.2) is 29.3 Å². The highest BCUT2D eigenvalue weighted by Gasteiger charge is 2.42. The zero-order chi connectivity index (χ0) is 17.4. The lowest BCUT2D eigenvalue weighted by atomic mass is 10.1. The molecule has 0 spiro atoms. The predicted octanol–water partition coefficient (Wildman–Crippen LogP) is 2.04. The lowest BCUT2D eigenvalue weighted by Crippen LogP contribution is -2.32. The first-order chi connectivity index (χ1) is 12.0. The molecule has 1 aromatic rings. The van der Waals surface area contributed by atoms with Gasteiger partial charge >= 0.3 is 0 Å². The minimum atomic E-state index is -2.94. The number of fused-ring (bicyclic) bond motifs is 1. The van der Waals surface area contributed by atoms with E-state index in [4.69, 9.17) is 0 Å². The maximum absolute atomic E-state index is 12.4. The van der Waals surface area contributed by atoms with Crippen LogP contribution in [-0.4, -0.2) is 48.3 Å². The third-order valence-electron chi connectivity index (χ3n) is 4.88. The van der Waals surface area contributed by atoms with Crippen LogP contribution in [0, 0.1) is 0 Å². The average Bonchev–Trinajstić information content (AvgIpc) is 3.23. The van der Waals surface area contributed by atoms with Gasteiger partial charge in [-0.3, -0.25) is 9.79 Å². The minimum absolute atomic E-state index is 0.0151. The summed E-state index contributed by atoms with van der Waals surface area (Å²) in [6.45, 7) is 0. The van der Waals surface area contributed by atoms with Crippen LogP contribution in [0.4, 0.5) is 5.69 Å². The highest BCUT2D eigenvalue weighted by atomic mass is 32.2. The lowest BCUT2D eigenvalue weighted by molar-refractivity contribution is 0.0938. The molecule has 2 fully saturated rings. The second kappa shape index (κ2) is 6.64. The number of nitrogens with zero attached hydrogens (tertiary/aromatic N) is 1. The van der Waals surface area contributed by atoms with E-state index in [0.29, 0.717) is 11.6 Å². The third kappa shape index (κ3) is 3.84. The molecule has 0 unspecified atom stereocenters. The van der Waals surface area contributed by atoms with Gasteiger partial charge in [-0.05, 0) is 31.0 Å². The topological polar surface area (TPSA) is 87.6 Å². The zero-order valence-corrected chi connectivity index (χ0v) is 15.4. The number of benzene rings is 1. The first kappa shape index (κ1) is 16.9. The largest absolute Gasteiger partial charge is 0.349 e. The van der Waals surface area contributed by atoms with E-state index < -0.39 is 9.84 Å². The lowest BCUT2D eigenvalue weighted by Gasteiger charge is -2.13. The van der Waals surface area contributed by atoms with Crippen LogP contribution in [0.25, 0.3) is 0 Å². The summed E-state index contributed by atoms with van der Waals surface area (Å²) >= 11 is 1.48. The number of carbonyl (C=O) groups is 1. The van der Waals surface area contributed by atoms with Gasteiger partial charge in [-0.15, -0.1) is 0 Å². The molecule has 25 heavy (non-hydrogen) atoms. The number of aliphatic imine (C=N–C) groups is 1. The molecule has 0 aromatic heterocycles. The Balaban J connectivity index is 1.41. The van der Waals surface area contributed by atoms with Gasteiger partial charge in [0, 0.05) is 22.5 Å². The molecule has 1 aliphatic carbocycles. The van der Waals surface area contributed by atoms with Crippen LogP contribution < -0.4 is 10.6 Å². The van der Waals surface area contributed by atoms with Gasteiger partial charge in [-0.1, -0.05) is 30.7 Å². The summed E-state index contributed by atoms with van der Waals surface area (Å²) in [6.07, 6.45) is 4.48. The van der Waals surface area contributed by atoms with Gasteiger partial charge in [0.15, 0.2) is 15.0 Å². The number of rotatable bonds is 3. The van der Waals surface area contributed by atoms with Crippen molar-refractivity contribution in [2.24, 2.45) is 4.99 Å². The molecule has 1 aromatic carbocycles. The Hall–Kier alpha value is -1.54. The number of nitrogens with one attached hydrogen (secondary N) is 2. The SMILES string of the molecule is O=C(NC1CCCC1)c1cccc(NC2=N[C@H]3CS(=O)(=O)C[C@@H]3S2)c1. The number of amidine groups is 1. The first-order valence-corrected chi connectivity index (χ1v) is 11.3. The van der Waals surface area contributed by atoms with Crippen molar-refractivity contribution < 1.29 is 13.2 Å². The number of carbonyl (C=O) groups excluding carboxylic acids is 1. The Kier molecular flexibility index (Phi) is 4.49. The Morgan fingerprint density at radius 3 is 2.76 bits per heavy atom. The summed E-state index contributed by atoms with van der Waals surface area (Å²) in [5, 5.41) is 7.06. The van der Waals surface area contributed by atoms with E-state index in [1.807, 2.05) is 18.2 Å². The smallest absolute Gasteiger partial charge is 0.251 e. The normalized spacial score (nSPS) is 27.8. The maximum atomic E-state index is 12.4. The highest BCUT2D eigenvalue weighted by molar-refractivity contribution is 8.15. The third-order valence-corrected chi connectivity index (χ3v) is 8.03. The molecule has 1 amide bonds. The summed E-state index contributed by atoms with van der Waals surface area (Å²) < 4.78 is 23.2. The fraction of sp³-hybridized carbons (Fsp3) is 0.529. The van der Waals surface area contributed by atoms with Crippen molar-refractivity contribution in [2.45, 2.75) is 43.0 Å². The van der Waals surface area contributed by atoms with Crippen molar-refractivity contribution in [3.8, 4) is 0 Å². The molecule has 0 radical (unpaired) electrons. The van der Waals surface area contributed by atoms with E-state index in [9.17, 15) is 13.2 Å². The Bertz CT molecular complexity index is 816. The molecule has 6 nitrogen and oxygen atoms in total. The first-order valence-electron chi connectivity index (χ1n) is 8.61. The van der Waals surface area contributed by atoms with Gasteiger partial charge in [-0.2, -0.15) is 0 Å². The fourth-order valence-electron chi connectivity index (χ4n) is 3.62. The minimum Gasteiger partial charge on any atom is -0.349 e. The van der Waals surface area contributed by atoms with Crippen LogP contribution in [-0.2, 0) is 9.84 Å². The maximum Gasteiger partial charge on any atom is 0.251 e. The van der Waals surface area contributed by atoms with Gasteiger partial charge in [0.05, 0.1) is 17.5 Å². The quantitative estimate of drug-likeness (QED) is 0.839. The zero-order valence-electron chi connectivity index (χ0n) is 13.8. The molecule has 2 heterocycles. The van der Waals surface area contributed by atoms with Crippen LogP contribution >= 0.6 is 11.8 Å². The summed E-state index contributed by atoms with van der Waals surface area (Å²) in [6, 6.07) is 7.50. The predicted molar refractivity (Wildman–Crippen MR) is 101 cm³/mol. The number of thioether (sulfide) groups is 1. The Labute approximate surface area is 151 Å². The van der Waals surface area contributed by atoms with Crippen molar-refractivity contribution in [2.75, 3.05) is 16.8 Å². The van der Waals surface area contributed by atoms with Crippen LogP contribution in [0.2, 0.25) is 0 Å². The van der Waals surface area contributed by atoms with Crippen molar-refractivity contribution in [3.63, 3.8) is 0 Å². The van der Waals surface area contributed by atoms with E-state index in [0.717, 1.165) is 23.7 Å². The standard InChI is InChI=1S/C17H21N3O3S2/c21-16(18-12-5-1-2-6-12)11-4-3-7-13(8-11)19-17-20-14-9-25(22,23)10-15(14)24-17/h3-4,7-8,12,14-15H,1-2,5-6,9-10H2,(H,18,21)(H,19,20)/t14-,15-/m0/s1. The van der Waals surface area contributed by atoms with E-state index in [1.54, 1.807) is 6.07 Å².